The second kappa shape index (κ2) is 5.02. The predicted molar refractivity (Wildman–Crippen MR) is 71.0 cm³/mol. The van der Waals surface area contributed by atoms with E-state index in [-0.39, 0.29) is 0 Å². The Hall–Kier alpha value is -2.13. The van der Waals surface area contributed by atoms with Crippen molar-refractivity contribution in [2.75, 3.05) is 5.06 Å². The first-order valence-corrected chi connectivity index (χ1v) is 5.74. The van der Waals surface area contributed by atoms with E-state index in [2.05, 4.69) is 0 Å². The predicted octanol–water partition coefficient (Wildman–Crippen LogP) is 3.34. The van der Waals surface area contributed by atoms with E-state index in [9.17, 15) is 10.0 Å². The first-order valence-electron chi connectivity index (χ1n) is 5.74. The van der Waals surface area contributed by atoms with Crippen molar-refractivity contribution < 1.29 is 10.0 Å². The SMILES string of the molecule is Cc1ccc(C(=O)N(O)c2ccc(C)cc2)cc1. The normalized spacial score (nSPS) is 10.2. The van der Waals surface area contributed by atoms with Crippen molar-refractivity contribution in [2.45, 2.75) is 13.8 Å². The highest BCUT2D eigenvalue weighted by Gasteiger charge is 2.14. The van der Waals surface area contributed by atoms with Gasteiger partial charge < -0.3 is 0 Å². The minimum atomic E-state index is -0.432. The summed E-state index contributed by atoms with van der Waals surface area (Å²) in [7, 11) is 0. The highest BCUT2D eigenvalue weighted by atomic mass is 16.5. The summed E-state index contributed by atoms with van der Waals surface area (Å²) in [5.74, 6) is -0.432. The number of anilines is 1. The van der Waals surface area contributed by atoms with Gasteiger partial charge in [-0.2, -0.15) is 5.06 Å². The van der Waals surface area contributed by atoms with E-state index < -0.39 is 5.91 Å². The van der Waals surface area contributed by atoms with E-state index in [0.717, 1.165) is 11.1 Å². The molecule has 0 aromatic heterocycles. The number of nitrogens with zero attached hydrogens (tertiary/aromatic N) is 1. The van der Waals surface area contributed by atoms with Gasteiger partial charge in [0.05, 0.1) is 5.69 Å². The van der Waals surface area contributed by atoms with Crippen molar-refractivity contribution >= 4 is 11.6 Å². The lowest BCUT2D eigenvalue weighted by Crippen LogP contribution is -2.26. The molecule has 0 atom stereocenters. The molecule has 92 valence electrons. The number of hydrogen-bond acceptors (Lipinski definition) is 2. The fraction of sp³-hybridized carbons (Fsp3) is 0.133. The van der Waals surface area contributed by atoms with Gasteiger partial charge in [-0.25, -0.2) is 0 Å². The van der Waals surface area contributed by atoms with Crippen LogP contribution in [0.25, 0.3) is 0 Å². The van der Waals surface area contributed by atoms with Gasteiger partial charge in [-0.15, -0.1) is 0 Å². The lowest BCUT2D eigenvalue weighted by Gasteiger charge is -2.15. The third-order valence-electron chi connectivity index (χ3n) is 2.77. The van der Waals surface area contributed by atoms with Gasteiger partial charge in [-0.1, -0.05) is 35.4 Å². The van der Waals surface area contributed by atoms with E-state index in [1.807, 2.05) is 38.1 Å². The van der Waals surface area contributed by atoms with Crippen LogP contribution in [0.3, 0.4) is 0 Å². The van der Waals surface area contributed by atoms with Crippen LogP contribution in [-0.4, -0.2) is 11.1 Å². The molecular weight excluding hydrogens is 226 g/mol. The molecule has 0 saturated carbocycles. The van der Waals surface area contributed by atoms with Gasteiger partial charge in [0, 0.05) is 5.56 Å². The van der Waals surface area contributed by atoms with Crippen molar-refractivity contribution in [3.05, 3.63) is 65.2 Å². The molecule has 2 aromatic rings. The molecule has 0 aliphatic carbocycles. The zero-order valence-electron chi connectivity index (χ0n) is 10.4. The molecule has 0 aliphatic rings. The molecule has 0 bridgehead atoms. The number of carbonyl (C=O) groups excluding carboxylic acids is 1. The molecule has 0 spiro atoms. The Kier molecular flexibility index (Phi) is 3.44. The molecule has 0 heterocycles. The van der Waals surface area contributed by atoms with Crippen LogP contribution in [0, 0.1) is 13.8 Å². The van der Waals surface area contributed by atoms with Gasteiger partial charge in [0.1, 0.15) is 0 Å². The lowest BCUT2D eigenvalue weighted by molar-refractivity contribution is 0.0855. The highest BCUT2D eigenvalue weighted by Crippen LogP contribution is 2.16. The quantitative estimate of drug-likeness (QED) is 0.647. The molecular formula is C15H15NO2. The van der Waals surface area contributed by atoms with E-state index in [4.69, 9.17) is 0 Å². The Morgan fingerprint density at radius 3 is 1.83 bits per heavy atom. The van der Waals surface area contributed by atoms with Crippen LogP contribution < -0.4 is 5.06 Å². The van der Waals surface area contributed by atoms with Crippen molar-refractivity contribution in [3.63, 3.8) is 0 Å². The summed E-state index contributed by atoms with van der Waals surface area (Å²) in [6, 6.07) is 14.2. The van der Waals surface area contributed by atoms with E-state index in [1.165, 1.54) is 0 Å². The van der Waals surface area contributed by atoms with Crippen LogP contribution in [0.2, 0.25) is 0 Å². The number of rotatable bonds is 2. The zero-order valence-corrected chi connectivity index (χ0v) is 10.4. The molecule has 1 N–H and O–H groups in total. The molecule has 18 heavy (non-hydrogen) atoms. The highest BCUT2D eigenvalue weighted by molar-refractivity contribution is 6.04. The van der Waals surface area contributed by atoms with Crippen molar-refractivity contribution in [3.8, 4) is 0 Å². The summed E-state index contributed by atoms with van der Waals surface area (Å²) in [4.78, 5) is 12.0. The van der Waals surface area contributed by atoms with Gasteiger partial charge in [0.15, 0.2) is 0 Å². The van der Waals surface area contributed by atoms with Crippen LogP contribution in [0.1, 0.15) is 21.5 Å². The second-order valence-corrected chi connectivity index (χ2v) is 4.32. The molecule has 1 amide bonds. The van der Waals surface area contributed by atoms with Crippen molar-refractivity contribution in [1.82, 2.24) is 0 Å². The molecule has 0 radical (unpaired) electrons. The number of aryl methyl sites for hydroxylation is 2. The molecule has 0 fully saturated rings. The minimum Gasteiger partial charge on any atom is -0.281 e. The Balaban J connectivity index is 2.23. The van der Waals surface area contributed by atoms with Crippen LogP contribution in [0.15, 0.2) is 48.5 Å². The van der Waals surface area contributed by atoms with E-state index in [1.54, 1.807) is 24.3 Å². The standard InChI is InChI=1S/C15H15NO2/c1-11-3-7-13(8-4-11)15(17)16(18)14-9-5-12(2)6-10-14/h3-10,18H,1-2H3. The molecule has 2 rings (SSSR count). The first kappa shape index (κ1) is 12.3. The maximum absolute atomic E-state index is 12.0. The topological polar surface area (TPSA) is 40.5 Å². The van der Waals surface area contributed by atoms with Crippen molar-refractivity contribution in [2.24, 2.45) is 0 Å². The number of benzene rings is 2. The summed E-state index contributed by atoms with van der Waals surface area (Å²) in [5.41, 5.74) is 3.08. The van der Waals surface area contributed by atoms with Gasteiger partial charge in [-0.3, -0.25) is 10.0 Å². The summed E-state index contributed by atoms with van der Waals surface area (Å²) in [6.45, 7) is 3.90. The molecule has 3 nitrogen and oxygen atoms in total. The largest absolute Gasteiger partial charge is 0.281 e. The summed E-state index contributed by atoms with van der Waals surface area (Å²) in [5, 5.41) is 10.6. The zero-order chi connectivity index (χ0) is 13.1. The molecule has 3 heteroatoms. The van der Waals surface area contributed by atoms with Gasteiger partial charge >= 0.3 is 0 Å². The summed E-state index contributed by atoms with van der Waals surface area (Å²) < 4.78 is 0. The van der Waals surface area contributed by atoms with Gasteiger partial charge in [0.25, 0.3) is 5.91 Å². The Morgan fingerprint density at radius 1 is 0.889 bits per heavy atom. The average molecular weight is 241 g/mol. The summed E-state index contributed by atoms with van der Waals surface area (Å²) >= 11 is 0. The Labute approximate surface area is 106 Å². The van der Waals surface area contributed by atoms with Gasteiger partial charge in [-0.05, 0) is 38.1 Å². The van der Waals surface area contributed by atoms with Crippen LogP contribution in [-0.2, 0) is 0 Å². The fourth-order valence-electron chi connectivity index (χ4n) is 1.62. The number of carbonyl (C=O) groups is 1. The lowest BCUT2D eigenvalue weighted by atomic mass is 10.1. The van der Waals surface area contributed by atoms with Crippen LogP contribution >= 0.6 is 0 Å². The van der Waals surface area contributed by atoms with Crippen molar-refractivity contribution in [1.29, 1.82) is 0 Å². The second-order valence-electron chi connectivity index (χ2n) is 4.32. The molecule has 2 aromatic carbocycles. The molecule has 0 aliphatic heterocycles. The van der Waals surface area contributed by atoms with Crippen LogP contribution in [0.4, 0.5) is 5.69 Å². The fourth-order valence-corrected chi connectivity index (χ4v) is 1.62. The van der Waals surface area contributed by atoms with Gasteiger partial charge in [0.2, 0.25) is 0 Å². The first-order chi connectivity index (χ1) is 8.58. The summed E-state index contributed by atoms with van der Waals surface area (Å²) in [6.07, 6.45) is 0. The van der Waals surface area contributed by atoms with E-state index in [0.29, 0.717) is 16.3 Å². The third kappa shape index (κ3) is 2.57. The Morgan fingerprint density at radius 2 is 1.33 bits per heavy atom. The third-order valence-corrected chi connectivity index (χ3v) is 2.77. The molecule has 0 unspecified atom stereocenters. The minimum absolute atomic E-state index is 0.432. The van der Waals surface area contributed by atoms with E-state index >= 15 is 0 Å². The average Bonchev–Trinajstić information content (AvgIpc) is 2.39. The number of hydroxylamine groups is 1. The van der Waals surface area contributed by atoms with Crippen LogP contribution in [0.5, 0.6) is 0 Å². The monoisotopic (exact) mass is 241 g/mol. The smallest absolute Gasteiger partial charge is 0.281 e. The maximum atomic E-state index is 12.0. The molecule has 0 saturated heterocycles. The number of amides is 1. The maximum Gasteiger partial charge on any atom is 0.281 e. The Bertz CT molecular complexity index is 544. The number of hydrogen-bond donors (Lipinski definition) is 1.